The summed E-state index contributed by atoms with van der Waals surface area (Å²) in [5.74, 6) is -1.16. The van der Waals surface area contributed by atoms with Crippen LogP contribution in [0, 0.1) is 6.92 Å². The van der Waals surface area contributed by atoms with Crippen molar-refractivity contribution in [3.63, 3.8) is 0 Å². The summed E-state index contributed by atoms with van der Waals surface area (Å²) in [4.78, 5) is 13.4. The van der Waals surface area contributed by atoms with E-state index < -0.39 is 15.8 Å². The second kappa shape index (κ2) is 8.33. The third-order valence-corrected chi connectivity index (χ3v) is 8.04. The summed E-state index contributed by atoms with van der Waals surface area (Å²) in [6.07, 6.45) is 1.02. The lowest BCUT2D eigenvalue weighted by Crippen LogP contribution is -2.32. The molecule has 2 aliphatic rings. The van der Waals surface area contributed by atoms with Gasteiger partial charge < -0.3 is 10.1 Å². The number of ether oxygens (including phenoxy) is 1. The third-order valence-electron chi connectivity index (χ3n) is 5.37. The topological polar surface area (TPSA) is 94.1 Å². The molecule has 0 unspecified atom stereocenters. The third kappa shape index (κ3) is 5.42. The van der Waals surface area contributed by atoms with Crippen molar-refractivity contribution in [1.29, 1.82) is 0 Å². The highest BCUT2D eigenvalue weighted by Crippen LogP contribution is 2.35. The highest BCUT2D eigenvalue weighted by Gasteiger charge is 2.35. The first-order chi connectivity index (χ1) is 14.2. The average Bonchev–Trinajstić information content (AvgIpc) is 3.12. The second-order valence-corrected chi connectivity index (χ2v) is 11.1. The van der Waals surface area contributed by atoms with Gasteiger partial charge in [-0.2, -0.15) is 4.98 Å². The number of rotatable bonds is 5. The fourth-order valence-corrected chi connectivity index (χ4v) is 5.84. The van der Waals surface area contributed by atoms with Gasteiger partial charge in [0.15, 0.2) is 20.7 Å². The van der Waals surface area contributed by atoms with E-state index in [0.29, 0.717) is 48.2 Å². The predicted molar refractivity (Wildman–Crippen MR) is 111 cm³/mol. The van der Waals surface area contributed by atoms with E-state index in [1.54, 1.807) is 6.07 Å². The summed E-state index contributed by atoms with van der Waals surface area (Å²) in [6.45, 7) is 1.88. The Kier molecular flexibility index (Phi) is 5.93. The predicted octanol–water partition coefficient (Wildman–Crippen LogP) is 3.85. The summed E-state index contributed by atoms with van der Waals surface area (Å²) in [5.41, 5.74) is 0.853. The van der Waals surface area contributed by atoms with Gasteiger partial charge in [0.25, 0.3) is 0 Å². The zero-order valence-electron chi connectivity index (χ0n) is 16.6. The van der Waals surface area contributed by atoms with E-state index in [0.717, 1.165) is 5.69 Å². The van der Waals surface area contributed by atoms with Crippen molar-refractivity contribution >= 4 is 27.0 Å². The van der Waals surface area contributed by atoms with Crippen LogP contribution in [0.4, 0.5) is 14.6 Å². The van der Waals surface area contributed by atoms with Gasteiger partial charge in [-0.05, 0) is 32.6 Å². The molecule has 1 N–H and O–H groups in total. The van der Waals surface area contributed by atoms with Crippen molar-refractivity contribution in [3.05, 3.63) is 17.1 Å². The first kappa shape index (κ1) is 21.4. The molecule has 30 heavy (non-hydrogen) atoms. The average molecular weight is 459 g/mol. The van der Waals surface area contributed by atoms with Crippen molar-refractivity contribution in [2.45, 2.75) is 63.5 Å². The van der Waals surface area contributed by atoms with E-state index in [-0.39, 0.29) is 36.5 Å². The molecule has 11 heteroatoms. The smallest absolute Gasteiger partial charge is 0.248 e. The molecule has 4 rings (SSSR count). The number of thiazole rings is 1. The zero-order chi connectivity index (χ0) is 21.4. The lowest BCUT2D eigenvalue weighted by Gasteiger charge is -2.29. The SMILES string of the molecule is Cc1csc(-c2nc(NC3CCC(F)(F)CC3)cc(OC3CCS(=O)(=O)CC3)n2)n1. The largest absolute Gasteiger partial charge is 0.474 e. The fourth-order valence-electron chi connectivity index (χ4n) is 3.66. The molecule has 164 valence electrons. The van der Waals surface area contributed by atoms with Crippen LogP contribution in [0.2, 0.25) is 0 Å². The molecule has 2 aromatic rings. The number of nitrogens with one attached hydrogen (secondary N) is 1. The molecule has 0 amide bonds. The molecule has 0 spiro atoms. The van der Waals surface area contributed by atoms with Crippen molar-refractivity contribution in [3.8, 4) is 16.7 Å². The van der Waals surface area contributed by atoms with Gasteiger partial charge in [0, 0.05) is 36.0 Å². The van der Waals surface area contributed by atoms with Crippen molar-refractivity contribution in [1.82, 2.24) is 15.0 Å². The molecule has 1 saturated heterocycles. The van der Waals surface area contributed by atoms with Gasteiger partial charge in [-0.15, -0.1) is 11.3 Å². The molecule has 3 heterocycles. The second-order valence-electron chi connectivity index (χ2n) is 7.95. The summed E-state index contributed by atoms with van der Waals surface area (Å²) in [6, 6.07) is 1.55. The van der Waals surface area contributed by atoms with E-state index in [1.807, 2.05) is 12.3 Å². The molecule has 0 bridgehead atoms. The van der Waals surface area contributed by atoms with Gasteiger partial charge in [-0.3, -0.25) is 0 Å². The van der Waals surface area contributed by atoms with Crippen LogP contribution < -0.4 is 10.1 Å². The van der Waals surface area contributed by atoms with Gasteiger partial charge in [0.05, 0.1) is 11.5 Å². The van der Waals surface area contributed by atoms with Crippen LogP contribution in [0.5, 0.6) is 5.88 Å². The minimum absolute atomic E-state index is 0.0990. The van der Waals surface area contributed by atoms with Crippen LogP contribution in [-0.4, -0.2) is 52.9 Å². The Morgan fingerprint density at radius 2 is 1.83 bits per heavy atom. The van der Waals surface area contributed by atoms with Gasteiger partial charge in [-0.25, -0.2) is 27.2 Å². The van der Waals surface area contributed by atoms with Crippen LogP contribution >= 0.6 is 11.3 Å². The molecular formula is C19H24F2N4O3S2. The standard InChI is InChI=1S/C19H24F2N4O3S2/c1-12-11-29-18(22-12)17-24-15(23-13-2-6-19(20,21)7-3-13)10-16(25-17)28-14-4-8-30(26,27)9-5-14/h10-11,13-14H,2-9H2,1H3,(H,23,24,25). The number of hydrogen-bond acceptors (Lipinski definition) is 8. The summed E-state index contributed by atoms with van der Waals surface area (Å²) in [5, 5.41) is 5.78. The Bertz CT molecular complexity index is 989. The summed E-state index contributed by atoms with van der Waals surface area (Å²) >= 11 is 1.41. The minimum Gasteiger partial charge on any atom is -0.474 e. The molecule has 0 radical (unpaired) electrons. The van der Waals surface area contributed by atoms with Crippen LogP contribution in [0.3, 0.4) is 0 Å². The minimum atomic E-state index is -2.99. The number of anilines is 1. The van der Waals surface area contributed by atoms with Gasteiger partial charge in [0.1, 0.15) is 11.9 Å². The van der Waals surface area contributed by atoms with Crippen LogP contribution in [0.15, 0.2) is 11.4 Å². The Balaban J connectivity index is 1.54. The Labute approximate surface area is 178 Å². The number of halogens is 2. The number of aryl methyl sites for hydroxylation is 1. The Morgan fingerprint density at radius 3 is 2.47 bits per heavy atom. The first-order valence-corrected chi connectivity index (χ1v) is 12.7. The summed E-state index contributed by atoms with van der Waals surface area (Å²) in [7, 11) is -2.99. The lowest BCUT2D eigenvalue weighted by molar-refractivity contribution is -0.0361. The molecule has 2 fully saturated rings. The maximum absolute atomic E-state index is 13.5. The molecule has 1 saturated carbocycles. The molecule has 2 aromatic heterocycles. The van der Waals surface area contributed by atoms with Crippen LogP contribution in [-0.2, 0) is 9.84 Å². The van der Waals surface area contributed by atoms with E-state index in [2.05, 4.69) is 20.3 Å². The van der Waals surface area contributed by atoms with Gasteiger partial charge >= 0.3 is 0 Å². The molecule has 1 aliphatic heterocycles. The van der Waals surface area contributed by atoms with E-state index >= 15 is 0 Å². The van der Waals surface area contributed by atoms with Crippen LogP contribution in [0.1, 0.15) is 44.2 Å². The maximum Gasteiger partial charge on any atom is 0.248 e. The Hall–Kier alpha value is -1.88. The summed E-state index contributed by atoms with van der Waals surface area (Å²) < 4.78 is 56.2. The monoisotopic (exact) mass is 458 g/mol. The number of hydrogen-bond donors (Lipinski definition) is 1. The van der Waals surface area contributed by atoms with Crippen molar-refractivity contribution in [2.75, 3.05) is 16.8 Å². The van der Waals surface area contributed by atoms with Crippen molar-refractivity contribution in [2.24, 2.45) is 0 Å². The molecule has 1 aliphatic carbocycles. The molecule has 0 atom stereocenters. The zero-order valence-corrected chi connectivity index (χ0v) is 18.2. The van der Waals surface area contributed by atoms with Gasteiger partial charge in [-0.1, -0.05) is 0 Å². The number of sulfone groups is 1. The first-order valence-electron chi connectivity index (χ1n) is 10.0. The van der Waals surface area contributed by atoms with E-state index in [1.165, 1.54) is 11.3 Å². The molecular weight excluding hydrogens is 434 g/mol. The normalized spacial score (nSPS) is 22.0. The number of alkyl halides is 2. The fraction of sp³-hybridized carbons (Fsp3) is 0.632. The molecule has 0 aromatic carbocycles. The lowest BCUT2D eigenvalue weighted by atomic mass is 9.92. The van der Waals surface area contributed by atoms with Crippen LogP contribution in [0.25, 0.3) is 10.8 Å². The Morgan fingerprint density at radius 1 is 1.13 bits per heavy atom. The quantitative estimate of drug-likeness (QED) is 0.727. The van der Waals surface area contributed by atoms with E-state index in [9.17, 15) is 17.2 Å². The number of nitrogens with zero attached hydrogens (tertiary/aromatic N) is 3. The highest BCUT2D eigenvalue weighted by molar-refractivity contribution is 7.91. The maximum atomic E-state index is 13.5. The van der Waals surface area contributed by atoms with Crippen molar-refractivity contribution < 1.29 is 21.9 Å². The van der Waals surface area contributed by atoms with Gasteiger partial charge in [0.2, 0.25) is 11.8 Å². The highest BCUT2D eigenvalue weighted by atomic mass is 32.2. The molecule has 7 nitrogen and oxygen atoms in total. The number of aromatic nitrogens is 3. The van der Waals surface area contributed by atoms with E-state index in [4.69, 9.17) is 4.74 Å².